The summed E-state index contributed by atoms with van der Waals surface area (Å²) in [4.78, 5) is 13.0. The maximum atomic E-state index is 10.9. The van der Waals surface area contributed by atoms with Crippen LogP contribution in [0.3, 0.4) is 0 Å². The number of hydrogen-bond acceptors (Lipinski definition) is 3. The van der Waals surface area contributed by atoms with Crippen molar-refractivity contribution in [1.82, 2.24) is 4.90 Å². The Balaban J connectivity index is 0.00000200. The van der Waals surface area contributed by atoms with E-state index in [0.717, 1.165) is 38.3 Å². The number of para-hydroxylation sites is 1. The highest BCUT2D eigenvalue weighted by Gasteiger charge is 2.26. The van der Waals surface area contributed by atoms with Gasteiger partial charge in [0.05, 0.1) is 6.61 Å². The second-order valence-corrected chi connectivity index (χ2v) is 5.12. The summed E-state index contributed by atoms with van der Waals surface area (Å²) >= 11 is 0. The van der Waals surface area contributed by atoms with Crippen LogP contribution in [0.15, 0.2) is 30.3 Å². The average Bonchev–Trinajstić information content (AvgIpc) is 2.46. The molecule has 20 heavy (non-hydrogen) atoms. The van der Waals surface area contributed by atoms with E-state index in [0.29, 0.717) is 5.92 Å². The summed E-state index contributed by atoms with van der Waals surface area (Å²) < 4.78 is 5.75. The summed E-state index contributed by atoms with van der Waals surface area (Å²) in [7, 11) is 0. The molecule has 1 heterocycles. The largest absolute Gasteiger partial charge is 0.493 e. The van der Waals surface area contributed by atoms with Crippen molar-refractivity contribution in [3.63, 3.8) is 0 Å². The lowest BCUT2D eigenvalue weighted by molar-refractivity contribution is -0.143. The molecule has 0 bridgehead atoms. The first-order valence-electron chi connectivity index (χ1n) is 6.81. The second-order valence-electron chi connectivity index (χ2n) is 5.12. The highest BCUT2D eigenvalue weighted by molar-refractivity contribution is 5.85. The minimum absolute atomic E-state index is 0. The smallest absolute Gasteiger partial charge is 0.320 e. The molecule has 0 aliphatic carbocycles. The van der Waals surface area contributed by atoms with Gasteiger partial charge >= 0.3 is 5.97 Å². The topological polar surface area (TPSA) is 49.8 Å². The third kappa shape index (κ3) is 4.69. The molecule has 1 N–H and O–H groups in total. The van der Waals surface area contributed by atoms with Crippen molar-refractivity contribution in [3.05, 3.63) is 30.3 Å². The predicted octanol–water partition coefficient (Wildman–Crippen LogP) is 2.67. The normalized spacial score (nSPS) is 18.1. The number of carbonyl (C=O) groups is 1. The van der Waals surface area contributed by atoms with Crippen LogP contribution in [0.25, 0.3) is 0 Å². The first kappa shape index (κ1) is 16.8. The van der Waals surface area contributed by atoms with Gasteiger partial charge < -0.3 is 9.84 Å². The standard InChI is InChI=1S/C15H21NO3.ClH/c1-12(15(17)18)16-9-7-13(8-10-16)11-19-14-5-3-2-4-6-14;/h2-6,12-13H,7-11H2,1H3,(H,17,18);1H. The maximum Gasteiger partial charge on any atom is 0.320 e. The van der Waals surface area contributed by atoms with Crippen molar-refractivity contribution in [2.75, 3.05) is 19.7 Å². The summed E-state index contributed by atoms with van der Waals surface area (Å²) in [5, 5.41) is 8.99. The molecule has 1 aromatic carbocycles. The van der Waals surface area contributed by atoms with Crippen LogP contribution in [0, 0.1) is 5.92 Å². The van der Waals surface area contributed by atoms with E-state index in [9.17, 15) is 4.79 Å². The summed E-state index contributed by atoms with van der Waals surface area (Å²) in [6.45, 7) is 4.16. The molecule has 1 aliphatic heterocycles. The molecule has 1 fully saturated rings. The quantitative estimate of drug-likeness (QED) is 0.908. The van der Waals surface area contributed by atoms with Crippen molar-refractivity contribution in [2.24, 2.45) is 5.92 Å². The minimum atomic E-state index is -0.737. The van der Waals surface area contributed by atoms with E-state index in [1.54, 1.807) is 6.92 Å². The molecular formula is C15H22ClNO3. The Morgan fingerprint density at radius 2 is 1.95 bits per heavy atom. The van der Waals surface area contributed by atoms with Gasteiger partial charge in [0.1, 0.15) is 11.8 Å². The van der Waals surface area contributed by atoms with Crippen LogP contribution in [0.2, 0.25) is 0 Å². The van der Waals surface area contributed by atoms with Gasteiger partial charge in [-0.2, -0.15) is 0 Å². The number of carboxylic acid groups (broad SMARTS) is 1. The minimum Gasteiger partial charge on any atom is -0.493 e. The number of hydrogen-bond donors (Lipinski definition) is 1. The van der Waals surface area contributed by atoms with E-state index in [4.69, 9.17) is 9.84 Å². The van der Waals surface area contributed by atoms with Crippen molar-refractivity contribution >= 4 is 18.4 Å². The molecule has 0 spiro atoms. The molecule has 112 valence electrons. The Morgan fingerprint density at radius 3 is 2.50 bits per heavy atom. The SMILES string of the molecule is CC(C(=O)O)N1CCC(COc2ccccc2)CC1.Cl. The van der Waals surface area contributed by atoms with Gasteiger partial charge in [-0.1, -0.05) is 18.2 Å². The summed E-state index contributed by atoms with van der Waals surface area (Å²) in [5.74, 6) is 0.695. The lowest BCUT2D eigenvalue weighted by Gasteiger charge is -2.34. The van der Waals surface area contributed by atoms with E-state index in [1.807, 2.05) is 35.2 Å². The van der Waals surface area contributed by atoms with Crippen LogP contribution in [0.1, 0.15) is 19.8 Å². The van der Waals surface area contributed by atoms with Gasteiger partial charge in [0.15, 0.2) is 0 Å². The van der Waals surface area contributed by atoms with Crippen LogP contribution in [0.4, 0.5) is 0 Å². The third-order valence-electron chi connectivity index (χ3n) is 3.78. The molecule has 0 aromatic heterocycles. The van der Waals surface area contributed by atoms with Crippen molar-refractivity contribution in [3.8, 4) is 5.75 Å². The van der Waals surface area contributed by atoms with Crippen molar-refractivity contribution < 1.29 is 14.6 Å². The summed E-state index contributed by atoms with van der Waals surface area (Å²) in [5.41, 5.74) is 0. The van der Waals surface area contributed by atoms with Gasteiger partial charge in [-0.15, -0.1) is 12.4 Å². The lowest BCUT2D eigenvalue weighted by atomic mass is 9.97. The number of piperidine rings is 1. The van der Waals surface area contributed by atoms with Gasteiger partial charge in [-0.25, -0.2) is 0 Å². The van der Waals surface area contributed by atoms with E-state index < -0.39 is 5.97 Å². The number of halogens is 1. The van der Waals surface area contributed by atoms with Gasteiger partial charge in [-0.05, 0) is 50.9 Å². The monoisotopic (exact) mass is 299 g/mol. The molecular weight excluding hydrogens is 278 g/mol. The molecule has 1 aliphatic rings. The predicted molar refractivity (Wildman–Crippen MR) is 80.6 cm³/mol. The molecule has 4 nitrogen and oxygen atoms in total. The Labute approximate surface area is 126 Å². The fourth-order valence-electron chi connectivity index (χ4n) is 2.39. The molecule has 0 radical (unpaired) electrons. The zero-order valence-electron chi connectivity index (χ0n) is 11.7. The zero-order valence-corrected chi connectivity index (χ0v) is 12.5. The van der Waals surface area contributed by atoms with Crippen LogP contribution in [0.5, 0.6) is 5.75 Å². The number of likely N-dealkylation sites (tertiary alicyclic amines) is 1. The van der Waals surface area contributed by atoms with Crippen molar-refractivity contribution in [2.45, 2.75) is 25.8 Å². The Kier molecular flexibility index (Phi) is 6.82. The Morgan fingerprint density at radius 1 is 1.35 bits per heavy atom. The highest BCUT2D eigenvalue weighted by atomic mass is 35.5. The van der Waals surface area contributed by atoms with E-state index in [-0.39, 0.29) is 18.4 Å². The van der Waals surface area contributed by atoms with E-state index >= 15 is 0 Å². The van der Waals surface area contributed by atoms with E-state index in [2.05, 4.69) is 0 Å². The zero-order chi connectivity index (χ0) is 13.7. The number of nitrogens with zero attached hydrogens (tertiary/aromatic N) is 1. The molecule has 1 aromatic rings. The van der Waals surface area contributed by atoms with Crippen molar-refractivity contribution in [1.29, 1.82) is 0 Å². The summed E-state index contributed by atoms with van der Waals surface area (Å²) in [6, 6.07) is 9.44. The van der Waals surface area contributed by atoms with Crippen LogP contribution >= 0.6 is 12.4 Å². The fraction of sp³-hybridized carbons (Fsp3) is 0.533. The lowest BCUT2D eigenvalue weighted by Crippen LogP contribution is -2.44. The first-order chi connectivity index (χ1) is 9.16. The number of aliphatic carboxylic acids is 1. The first-order valence-corrected chi connectivity index (χ1v) is 6.81. The molecule has 5 heteroatoms. The van der Waals surface area contributed by atoms with Gasteiger partial charge in [0, 0.05) is 0 Å². The molecule has 1 unspecified atom stereocenters. The molecule has 0 amide bonds. The van der Waals surface area contributed by atoms with Gasteiger partial charge in [0.25, 0.3) is 0 Å². The fourth-order valence-corrected chi connectivity index (χ4v) is 2.39. The summed E-state index contributed by atoms with van der Waals surface area (Å²) in [6.07, 6.45) is 2.01. The molecule has 1 atom stereocenters. The van der Waals surface area contributed by atoms with Gasteiger partial charge in [0.2, 0.25) is 0 Å². The highest BCUT2D eigenvalue weighted by Crippen LogP contribution is 2.20. The maximum absolute atomic E-state index is 10.9. The number of ether oxygens (including phenoxy) is 1. The number of carboxylic acids is 1. The molecule has 2 rings (SSSR count). The second kappa shape index (κ2) is 8.12. The van der Waals surface area contributed by atoms with Crippen LogP contribution in [-0.4, -0.2) is 41.7 Å². The Hall–Kier alpha value is -1.26. The average molecular weight is 300 g/mol. The number of benzene rings is 1. The Bertz CT molecular complexity index is 405. The molecule has 0 saturated carbocycles. The van der Waals surface area contributed by atoms with E-state index in [1.165, 1.54) is 0 Å². The van der Waals surface area contributed by atoms with Crippen LogP contribution in [-0.2, 0) is 4.79 Å². The third-order valence-corrected chi connectivity index (χ3v) is 3.78. The van der Waals surface area contributed by atoms with Gasteiger partial charge in [-0.3, -0.25) is 9.69 Å². The number of rotatable bonds is 5. The van der Waals surface area contributed by atoms with Crippen LogP contribution < -0.4 is 4.74 Å². The molecule has 1 saturated heterocycles.